The Morgan fingerprint density at radius 3 is 1.17 bits per heavy atom. The van der Waals surface area contributed by atoms with E-state index in [0.717, 1.165) is 0 Å². The summed E-state index contributed by atoms with van der Waals surface area (Å²) in [7, 11) is -9.46. The molecule has 0 aliphatic heterocycles. The summed E-state index contributed by atoms with van der Waals surface area (Å²) < 4.78 is 20.7. The Morgan fingerprint density at radius 1 is 0.778 bits per heavy atom. The van der Waals surface area contributed by atoms with Crippen molar-refractivity contribution in [1.82, 2.24) is 0 Å². The zero-order chi connectivity index (χ0) is 13.0. The quantitative estimate of drug-likeness (QED) is 0.206. The minimum atomic E-state index is -4.73. The van der Waals surface area contributed by atoms with Crippen molar-refractivity contribution in [3.05, 3.63) is 0 Å². The maximum Gasteiger partial charge on any atom is 1.00 e. The molecule has 0 atom stereocenters. The first-order valence-electron chi connectivity index (χ1n) is 4.23. The molecular weight excluding hydrogens is 276 g/mol. The topological polar surface area (TPSA) is 149 Å². The van der Waals surface area contributed by atoms with Crippen LogP contribution in [-0.2, 0) is 18.7 Å². The van der Waals surface area contributed by atoms with Gasteiger partial charge >= 0.3 is 52.9 Å². The molecule has 0 aliphatic carbocycles. The zero-order valence-corrected chi connectivity index (χ0v) is 11.9. The Hall–Kier alpha value is 0.835. The summed E-state index contributed by atoms with van der Waals surface area (Å²) in [5.74, 6) is 0. The van der Waals surface area contributed by atoms with Crippen LogP contribution in [0.2, 0.25) is 0 Å². The molecule has 0 fully saturated rings. The monoisotopic (exact) mass is 290 g/mol. The molecule has 0 amide bonds. The van der Waals surface area contributed by atoms with Gasteiger partial charge in [-0.2, -0.15) is 0 Å². The average molecular weight is 290 g/mol. The van der Waals surface area contributed by atoms with Crippen LogP contribution in [0.3, 0.4) is 0 Å². The van der Waals surface area contributed by atoms with E-state index in [1.165, 1.54) is 0 Å². The minimum absolute atomic E-state index is 0. The molecule has 0 bridgehead atoms. The fourth-order valence-electron chi connectivity index (χ4n) is 0.844. The van der Waals surface area contributed by atoms with E-state index >= 15 is 0 Å². The molecule has 98 valence electrons. The van der Waals surface area contributed by atoms with Gasteiger partial charge in [-0.05, 0) is 12.8 Å². The normalized spacial score (nSPS) is 11.1. The van der Waals surface area contributed by atoms with Gasteiger partial charge in [0.15, 0.2) is 0 Å². The van der Waals surface area contributed by atoms with Crippen molar-refractivity contribution in [2.75, 3.05) is 0 Å². The van der Waals surface area contributed by atoms with E-state index in [2.05, 4.69) is 0 Å². The first-order chi connectivity index (χ1) is 7.05. The van der Waals surface area contributed by atoms with Crippen LogP contribution in [0.5, 0.6) is 0 Å². The van der Waals surface area contributed by atoms with Crippen LogP contribution in [0, 0.1) is 0 Å². The summed E-state index contributed by atoms with van der Waals surface area (Å²) in [5.41, 5.74) is -2.48. The summed E-state index contributed by atoms with van der Waals surface area (Å²) in [4.78, 5) is 55.0. The van der Waals surface area contributed by atoms with Crippen LogP contribution in [0.1, 0.15) is 28.5 Å². The van der Waals surface area contributed by atoms with Gasteiger partial charge in [0.1, 0.15) is 0 Å². The van der Waals surface area contributed by atoms with Gasteiger partial charge in [-0.15, -0.1) is 0 Å². The Kier molecular flexibility index (Phi) is 12.9. The van der Waals surface area contributed by atoms with E-state index in [1.54, 1.807) is 0 Å². The van der Waals surface area contributed by atoms with E-state index < -0.39 is 39.1 Å². The third-order valence-corrected chi connectivity index (χ3v) is 3.43. The molecule has 0 saturated carbocycles. The molecule has 18 heavy (non-hydrogen) atoms. The number of hydrogen-bond acceptors (Lipinski definition) is 4. The second-order valence-corrected chi connectivity index (χ2v) is 6.26. The largest absolute Gasteiger partial charge is 1.00 e. The van der Waals surface area contributed by atoms with E-state index in [9.17, 15) is 18.7 Å². The Morgan fingerprint density at radius 2 is 1.00 bits per heavy atom. The zero-order valence-electron chi connectivity index (χ0n) is 12.1. The molecular formula is C6H14Li2O8P2. The van der Waals surface area contributed by atoms with Gasteiger partial charge in [-0.1, -0.05) is 0 Å². The first kappa shape index (κ1) is 23.9. The number of unbranched alkanes of at least 4 members (excludes halogenated alkanes) is 1. The van der Waals surface area contributed by atoms with Gasteiger partial charge in [-0.25, -0.2) is 0 Å². The van der Waals surface area contributed by atoms with Gasteiger partial charge in [0.25, 0.3) is 0 Å². The van der Waals surface area contributed by atoms with E-state index in [4.69, 9.17) is 19.6 Å². The maximum absolute atomic E-state index is 10.7. The van der Waals surface area contributed by atoms with Crippen LogP contribution in [0.4, 0.5) is 0 Å². The minimum Gasteiger partial charge on any atom is -1.00 e. The van der Waals surface area contributed by atoms with E-state index in [-0.39, 0.29) is 53.4 Å². The van der Waals surface area contributed by atoms with Gasteiger partial charge in [0.2, 0.25) is 11.0 Å². The molecule has 0 saturated heterocycles. The first-order valence-corrected chi connectivity index (χ1v) is 7.45. The van der Waals surface area contributed by atoms with Crippen LogP contribution in [0.25, 0.3) is 0 Å². The summed E-state index contributed by atoms with van der Waals surface area (Å²) in [6.45, 7) is 0. The van der Waals surface area contributed by atoms with Crippen molar-refractivity contribution in [3.63, 3.8) is 0 Å². The molecule has 0 unspecified atom stereocenters. The molecule has 0 heterocycles. The second kappa shape index (κ2) is 9.69. The molecule has 4 N–H and O–H groups in total. The van der Waals surface area contributed by atoms with Crippen molar-refractivity contribution in [1.29, 1.82) is 0 Å². The Labute approximate surface area is 131 Å². The predicted octanol–water partition coefficient (Wildman–Crippen LogP) is -5.81. The van der Waals surface area contributed by atoms with Crippen LogP contribution in [0.15, 0.2) is 0 Å². The Balaban J connectivity index is -0.000000187. The van der Waals surface area contributed by atoms with Gasteiger partial charge < -0.3 is 22.4 Å². The standard InChI is InChI=1S/C6H12O8P2.2Li.2H/c7-5(15(9,10)11)3-1-2-4-6(8)16(12,13)14;;;;/h1-4H2,(H2,9,10,11)(H2,12,13,14);;;;/q;2*+1;2*-1. The van der Waals surface area contributed by atoms with Crippen molar-refractivity contribution >= 4 is 26.2 Å². The van der Waals surface area contributed by atoms with Crippen LogP contribution >= 0.6 is 15.2 Å². The van der Waals surface area contributed by atoms with Gasteiger partial charge in [0, 0.05) is 12.8 Å². The molecule has 0 rings (SSSR count). The number of carbonyl (C=O) groups is 2. The van der Waals surface area contributed by atoms with Gasteiger partial charge in [0.05, 0.1) is 0 Å². The van der Waals surface area contributed by atoms with Crippen molar-refractivity contribution in [2.45, 2.75) is 25.7 Å². The fourth-order valence-corrected chi connectivity index (χ4v) is 1.74. The van der Waals surface area contributed by atoms with Crippen LogP contribution < -0.4 is 37.7 Å². The number of carbonyl (C=O) groups excluding carboxylic acids is 2. The number of hydrogen-bond donors (Lipinski definition) is 4. The van der Waals surface area contributed by atoms with E-state index in [0.29, 0.717) is 0 Å². The SMILES string of the molecule is O=C(CCCCC(=O)P(=O)(O)O)P(=O)(O)O.[H-].[H-].[Li+].[Li+]. The molecule has 0 radical (unpaired) electrons. The summed E-state index contributed by atoms with van der Waals surface area (Å²) in [6, 6.07) is 0. The number of rotatable bonds is 7. The summed E-state index contributed by atoms with van der Waals surface area (Å²) >= 11 is 0. The predicted molar refractivity (Wildman–Crippen MR) is 54.8 cm³/mol. The molecule has 0 spiro atoms. The maximum atomic E-state index is 10.7. The fraction of sp³-hybridized carbons (Fsp3) is 0.667. The van der Waals surface area contributed by atoms with Crippen LogP contribution in [-0.4, -0.2) is 30.6 Å². The average Bonchev–Trinajstić information content (AvgIpc) is 2.08. The third kappa shape index (κ3) is 10.7. The summed E-state index contributed by atoms with van der Waals surface area (Å²) in [6.07, 6.45) is -0.844. The Bertz CT molecular complexity index is 345. The smallest absolute Gasteiger partial charge is 1.00 e. The third-order valence-electron chi connectivity index (χ3n) is 1.68. The van der Waals surface area contributed by atoms with Crippen molar-refractivity contribution in [2.24, 2.45) is 0 Å². The van der Waals surface area contributed by atoms with E-state index in [1.807, 2.05) is 0 Å². The molecule has 0 aliphatic rings. The molecule has 12 heteroatoms. The van der Waals surface area contributed by atoms with Crippen molar-refractivity contribution in [3.8, 4) is 0 Å². The molecule has 8 nitrogen and oxygen atoms in total. The molecule has 0 aromatic rings. The molecule has 0 aromatic carbocycles. The van der Waals surface area contributed by atoms with Gasteiger partial charge in [-0.3, -0.25) is 18.7 Å². The molecule has 0 aromatic heterocycles. The summed E-state index contributed by atoms with van der Waals surface area (Å²) in [5, 5.41) is 0. The second-order valence-electron chi connectivity index (χ2n) is 3.08. The van der Waals surface area contributed by atoms with Crippen molar-refractivity contribution < 1.29 is 78.9 Å².